The van der Waals surface area contributed by atoms with Crippen molar-refractivity contribution in [3.05, 3.63) is 42.2 Å². The Morgan fingerprint density at radius 2 is 1.63 bits per heavy atom. The normalized spacial score (nSPS) is 10.6. The number of nitrogen functional groups attached to an aromatic ring is 1. The highest BCUT2D eigenvalue weighted by atomic mass is 35.5. The highest BCUT2D eigenvalue weighted by Crippen LogP contribution is 2.14. The van der Waals surface area contributed by atoms with Crippen LogP contribution in [0, 0.1) is 6.92 Å². The Bertz CT molecular complexity index is 641. The van der Waals surface area contributed by atoms with E-state index in [1.54, 1.807) is 0 Å². The van der Waals surface area contributed by atoms with E-state index in [4.69, 9.17) is 5.73 Å². The smallest absolute Gasteiger partial charge is 0.264 e. The quantitative estimate of drug-likeness (QED) is 0.839. The molecule has 0 saturated heterocycles. The molecule has 0 radical (unpaired) electrons. The molecule has 0 spiro atoms. The zero-order valence-electron chi connectivity index (χ0n) is 10.1. The van der Waals surface area contributed by atoms with Gasteiger partial charge in [0.2, 0.25) is 5.95 Å². The van der Waals surface area contributed by atoms with Crippen LogP contribution in [-0.4, -0.2) is 18.4 Å². The predicted molar refractivity (Wildman–Crippen MR) is 75.7 cm³/mol. The minimum absolute atomic E-state index is 0. The summed E-state index contributed by atoms with van der Waals surface area (Å²) >= 11 is 0. The second kappa shape index (κ2) is 5.85. The van der Waals surface area contributed by atoms with E-state index >= 15 is 0 Å². The summed E-state index contributed by atoms with van der Waals surface area (Å²) in [6.07, 6.45) is 3.07. The van der Waals surface area contributed by atoms with Crippen LogP contribution in [0.25, 0.3) is 0 Å². The number of nitrogens with zero attached hydrogens (tertiary/aromatic N) is 2. The lowest BCUT2D eigenvalue weighted by Crippen LogP contribution is -2.15. The Kier molecular flexibility index (Phi) is 4.68. The maximum absolute atomic E-state index is 12.0. The van der Waals surface area contributed by atoms with E-state index in [1.807, 2.05) is 6.92 Å². The number of hydrogen-bond donors (Lipinski definition) is 2. The van der Waals surface area contributed by atoms with Gasteiger partial charge in [0.1, 0.15) is 0 Å². The molecule has 19 heavy (non-hydrogen) atoms. The molecule has 0 unspecified atom stereocenters. The van der Waals surface area contributed by atoms with Gasteiger partial charge < -0.3 is 5.73 Å². The fourth-order valence-corrected chi connectivity index (χ4v) is 2.23. The van der Waals surface area contributed by atoms with Gasteiger partial charge in [-0.15, -0.1) is 12.4 Å². The van der Waals surface area contributed by atoms with E-state index in [0.717, 1.165) is 5.56 Å². The number of aryl methyl sites for hydroxylation is 1. The van der Waals surface area contributed by atoms with Gasteiger partial charge in [-0.1, -0.05) is 0 Å². The summed E-state index contributed by atoms with van der Waals surface area (Å²) in [4.78, 5) is 7.87. The molecular weight excluding hydrogens is 288 g/mol. The molecule has 1 aromatic heterocycles. The van der Waals surface area contributed by atoms with Crippen LogP contribution in [0.5, 0.6) is 0 Å². The predicted octanol–water partition coefficient (Wildman–Crippen LogP) is 1.59. The van der Waals surface area contributed by atoms with Gasteiger partial charge in [-0.05, 0) is 36.8 Å². The molecule has 0 atom stereocenters. The Morgan fingerprint density at radius 3 is 2.16 bits per heavy atom. The molecule has 6 nitrogen and oxygen atoms in total. The van der Waals surface area contributed by atoms with Crippen LogP contribution in [0.2, 0.25) is 0 Å². The molecule has 8 heteroatoms. The number of nitrogens with one attached hydrogen (secondary N) is 1. The largest absolute Gasteiger partial charge is 0.399 e. The fraction of sp³-hybridized carbons (Fsp3) is 0.0909. The maximum Gasteiger partial charge on any atom is 0.264 e. The van der Waals surface area contributed by atoms with Crippen molar-refractivity contribution in [3.63, 3.8) is 0 Å². The molecule has 0 aliphatic heterocycles. The van der Waals surface area contributed by atoms with Gasteiger partial charge in [-0.2, -0.15) is 0 Å². The second-order valence-electron chi connectivity index (χ2n) is 3.76. The van der Waals surface area contributed by atoms with Gasteiger partial charge in [0, 0.05) is 18.1 Å². The summed E-state index contributed by atoms with van der Waals surface area (Å²) in [5.74, 6) is 0.0393. The lowest BCUT2D eigenvalue weighted by molar-refractivity contribution is 0.601. The minimum atomic E-state index is -3.67. The summed E-state index contributed by atoms with van der Waals surface area (Å²) in [6, 6.07) is 5.88. The minimum Gasteiger partial charge on any atom is -0.399 e. The zero-order chi connectivity index (χ0) is 13.2. The molecule has 102 valence electrons. The van der Waals surface area contributed by atoms with E-state index in [2.05, 4.69) is 14.7 Å². The van der Waals surface area contributed by atoms with Crippen molar-refractivity contribution in [1.29, 1.82) is 0 Å². The van der Waals surface area contributed by atoms with Crippen molar-refractivity contribution in [2.75, 3.05) is 10.5 Å². The number of rotatable bonds is 3. The molecule has 2 rings (SSSR count). The molecule has 2 aromatic rings. The molecule has 1 aromatic carbocycles. The summed E-state index contributed by atoms with van der Waals surface area (Å²) < 4.78 is 26.2. The molecule has 0 bridgehead atoms. The number of hydrogen-bond acceptors (Lipinski definition) is 5. The van der Waals surface area contributed by atoms with Gasteiger partial charge in [-0.3, -0.25) is 0 Å². The lowest BCUT2D eigenvalue weighted by Gasteiger charge is -2.06. The number of aromatic nitrogens is 2. The van der Waals surface area contributed by atoms with Gasteiger partial charge in [0.15, 0.2) is 0 Å². The van der Waals surface area contributed by atoms with Crippen LogP contribution in [-0.2, 0) is 10.0 Å². The van der Waals surface area contributed by atoms with Crippen LogP contribution in [0.1, 0.15) is 5.56 Å². The third-order valence-corrected chi connectivity index (χ3v) is 3.54. The van der Waals surface area contributed by atoms with Crippen molar-refractivity contribution in [1.82, 2.24) is 9.97 Å². The third-order valence-electron chi connectivity index (χ3n) is 2.20. The molecule has 0 amide bonds. The number of benzene rings is 1. The third kappa shape index (κ3) is 3.80. The van der Waals surface area contributed by atoms with Crippen LogP contribution >= 0.6 is 12.4 Å². The number of halogens is 1. The van der Waals surface area contributed by atoms with Gasteiger partial charge in [0.25, 0.3) is 10.0 Å². The second-order valence-corrected chi connectivity index (χ2v) is 5.44. The highest BCUT2D eigenvalue weighted by molar-refractivity contribution is 7.92. The molecule has 0 saturated carbocycles. The SMILES string of the molecule is Cc1cnc(NS(=O)(=O)c2ccc(N)cc2)nc1.Cl. The van der Waals surface area contributed by atoms with Crippen LogP contribution in [0.4, 0.5) is 11.6 Å². The number of nitrogens with two attached hydrogens (primary N) is 1. The molecule has 1 heterocycles. The standard InChI is InChI=1S/C11H12N4O2S.ClH/c1-8-6-13-11(14-7-8)15-18(16,17)10-4-2-9(12)3-5-10;/h2-7H,12H2,1H3,(H,13,14,15);1H. The summed E-state index contributed by atoms with van der Waals surface area (Å²) in [7, 11) is -3.67. The summed E-state index contributed by atoms with van der Waals surface area (Å²) in [5, 5.41) is 0. The van der Waals surface area contributed by atoms with Crippen molar-refractivity contribution < 1.29 is 8.42 Å². The van der Waals surface area contributed by atoms with Crippen LogP contribution in [0.3, 0.4) is 0 Å². The Morgan fingerprint density at radius 1 is 1.11 bits per heavy atom. The van der Waals surface area contributed by atoms with Crippen molar-refractivity contribution in [2.24, 2.45) is 0 Å². The van der Waals surface area contributed by atoms with Gasteiger partial charge >= 0.3 is 0 Å². The summed E-state index contributed by atoms with van der Waals surface area (Å²) in [5.41, 5.74) is 6.85. The first-order valence-corrected chi connectivity index (χ1v) is 6.63. The molecule has 0 aliphatic rings. The van der Waals surface area contributed by atoms with E-state index < -0.39 is 10.0 Å². The van der Waals surface area contributed by atoms with E-state index in [9.17, 15) is 8.42 Å². The molecule has 3 N–H and O–H groups in total. The van der Waals surface area contributed by atoms with E-state index in [1.165, 1.54) is 36.7 Å². The van der Waals surface area contributed by atoms with Crippen molar-refractivity contribution >= 4 is 34.1 Å². The summed E-state index contributed by atoms with van der Waals surface area (Å²) in [6.45, 7) is 1.82. The van der Waals surface area contributed by atoms with Gasteiger partial charge in [-0.25, -0.2) is 23.1 Å². The first-order chi connectivity index (χ1) is 8.47. The molecule has 0 fully saturated rings. The Hall–Kier alpha value is -1.86. The lowest BCUT2D eigenvalue weighted by atomic mass is 10.3. The van der Waals surface area contributed by atoms with Crippen molar-refractivity contribution in [3.8, 4) is 0 Å². The fourth-order valence-electron chi connectivity index (χ4n) is 1.27. The monoisotopic (exact) mass is 300 g/mol. The van der Waals surface area contributed by atoms with E-state index in [0.29, 0.717) is 5.69 Å². The maximum atomic E-state index is 12.0. The first kappa shape index (κ1) is 15.2. The molecule has 0 aliphatic carbocycles. The topological polar surface area (TPSA) is 98.0 Å². The Labute approximate surface area is 117 Å². The Balaban J connectivity index is 0.00000180. The zero-order valence-corrected chi connectivity index (χ0v) is 11.7. The average Bonchev–Trinajstić information content (AvgIpc) is 2.32. The average molecular weight is 301 g/mol. The van der Waals surface area contributed by atoms with Crippen LogP contribution in [0.15, 0.2) is 41.6 Å². The highest BCUT2D eigenvalue weighted by Gasteiger charge is 2.14. The number of sulfonamides is 1. The van der Waals surface area contributed by atoms with Crippen LogP contribution < -0.4 is 10.5 Å². The first-order valence-electron chi connectivity index (χ1n) is 5.14. The molecular formula is C11H13ClN4O2S. The number of anilines is 2. The van der Waals surface area contributed by atoms with E-state index in [-0.39, 0.29) is 23.3 Å². The van der Waals surface area contributed by atoms with Gasteiger partial charge in [0.05, 0.1) is 4.90 Å². The van der Waals surface area contributed by atoms with Crippen molar-refractivity contribution in [2.45, 2.75) is 11.8 Å².